The summed E-state index contributed by atoms with van der Waals surface area (Å²) < 4.78 is 2.10. The van der Waals surface area contributed by atoms with Gasteiger partial charge in [0.15, 0.2) is 5.82 Å². The van der Waals surface area contributed by atoms with Crippen LogP contribution < -0.4 is 0 Å². The number of nitrogens with one attached hydrogen (secondary N) is 2. The standard InChI is InChI=1S/C18H15N5S/c1-12-6-8-13(9-7-12)17-21-22-18(24)23(17)20-11-14-10-19-16-5-3-2-4-15(14)16/h2-11,19H,1H3,(H,22,24)/b20-11-. The van der Waals surface area contributed by atoms with E-state index in [2.05, 4.69) is 33.3 Å². The first kappa shape index (κ1) is 14.6. The fourth-order valence-corrected chi connectivity index (χ4v) is 2.79. The van der Waals surface area contributed by atoms with Gasteiger partial charge in [0.2, 0.25) is 4.77 Å². The molecule has 4 aromatic rings. The zero-order valence-corrected chi connectivity index (χ0v) is 13.8. The lowest BCUT2D eigenvalue weighted by atomic mass is 10.1. The SMILES string of the molecule is Cc1ccc(-c2n[nH]c(=S)n2/N=C\c2c[nH]c3ccccc23)cc1. The van der Waals surface area contributed by atoms with Crippen LogP contribution in [-0.2, 0) is 0 Å². The second-order valence-corrected chi connectivity index (χ2v) is 5.95. The number of aromatic amines is 2. The molecule has 2 aromatic heterocycles. The molecule has 0 atom stereocenters. The Balaban J connectivity index is 1.76. The third kappa shape index (κ3) is 2.57. The summed E-state index contributed by atoms with van der Waals surface area (Å²) in [6, 6.07) is 16.2. The van der Waals surface area contributed by atoms with E-state index in [0.29, 0.717) is 10.6 Å². The number of nitrogens with zero attached hydrogens (tertiary/aromatic N) is 3. The number of rotatable bonds is 3. The summed E-state index contributed by atoms with van der Waals surface area (Å²) in [7, 11) is 0. The first-order chi connectivity index (χ1) is 11.7. The summed E-state index contributed by atoms with van der Waals surface area (Å²) in [6.07, 6.45) is 3.73. The Morgan fingerprint density at radius 1 is 1.12 bits per heavy atom. The lowest BCUT2D eigenvalue weighted by Crippen LogP contribution is -1.94. The third-order valence-corrected chi connectivity index (χ3v) is 4.16. The van der Waals surface area contributed by atoms with Crippen molar-refractivity contribution in [1.29, 1.82) is 0 Å². The average molecular weight is 333 g/mol. The normalized spacial score (nSPS) is 11.5. The maximum Gasteiger partial charge on any atom is 0.216 e. The number of para-hydroxylation sites is 1. The number of fused-ring (bicyclic) bond motifs is 1. The minimum atomic E-state index is 0.460. The van der Waals surface area contributed by atoms with Crippen molar-refractivity contribution in [3.63, 3.8) is 0 Å². The minimum Gasteiger partial charge on any atom is -0.361 e. The van der Waals surface area contributed by atoms with Gasteiger partial charge in [0, 0.05) is 28.2 Å². The van der Waals surface area contributed by atoms with E-state index in [1.807, 2.05) is 48.7 Å². The molecule has 24 heavy (non-hydrogen) atoms. The summed E-state index contributed by atoms with van der Waals surface area (Å²) in [6.45, 7) is 2.05. The highest BCUT2D eigenvalue weighted by molar-refractivity contribution is 7.71. The summed E-state index contributed by atoms with van der Waals surface area (Å²) in [5.74, 6) is 0.691. The molecule has 0 saturated heterocycles. The molecule has 2 aromatic carbocycles. The molecule has 0 aliphatic carbocycles. The molecule has 5 nitrogen and oxygen atoms in total. The number of hydrogen-bond acceptors (Lipinski definition) is 3. The molecule has 0 amide bonds. The van der Waals surface area contributed by atoms with Gasteiger partial charge in [-0.05, 0) is 25.2 Å². The van der Waals surface area contributed by atoms with E-state index in [9.17, 15) is 0 Å². The molecule has 118 valence electrons. The summed E-state index contributed by atoms with van der Waals surface area (Å²) in [5.41, 5.74) is 4.24. The van der Waals surface area contributed by atoms with Crippen molar-refractivity contribution < 1.29 is 0 Å². The van der Waals surface area contributed by atoms with Crippen molar-refractivity contribution in [3.05, 3.63) is 70.6 Å². The highest BCUT2D eigenvalue weighted by atomic mass is 32.1. The first-order valence-electron chi connectivity index (χ1n) is 7.57. The molecule has 0 bridgehead atoms. The van der Waals surface area contributed by atoms with Gasteiger partial charge in [0.1, 0.15) is 0 Å². The molecular weight excluding hydrogens is 318 g/mol. The van der Waals surface area contributed by atoms with Crippen molar-refractivity contribution in [3.8, 4) is 11.4 Å². The molecule has 0 unspecified atom stereocenters. The Kier molecular flexibility index (Phi) is 3.59. The number of benzene rings is 2. The molecule has 4 rings (SSSR count). The lowest BCUT2D eigenvalue weighted by Gasteiger charge is -2.01. The van der Waals surface area contributed by atoms with Crippen molar-refractivity contribution in [1.82, 2.24) is 19.9 Å². The number of hydrogen-bond donors (Lipinski definition) is 2. The Labute approximate surface area is 143 Å². The molecule has 0 radical (unpaired) electrons. The van der Waals surface area contributed by atoms with Crippen LogP contribution in [0.5, 0.6) is 0 Å². The van der Waals surface area contributed by atoms with Gasteiger partial charge in [-0.25, -0.2) is 5.10 Å². The molecule has 6 heteroatoms. The van der Waals surface area contributed by atoms with E-state index in [0.717, 1.165) is 22.0 Å². The smallest absolute Gasteiger partial charge is 0.216 e. The molecule has 0 saturated carbocycles. The van der Waals surface area contributed by atoms with Gasteiger partial charge in [0.05, 0.1) is 6.21 Å². The third-order valence-electron chi connectivity index (χ3n) is 3.89. The van der Waals surface area contributed by atoms with E-state index >= 15 is 0 Å². The zero-order valence-electron chi connectivity index (χ0n) is 13.0. The average Bonchev–Trinajstić information content (AvgIpc) is 3.17. The van der Waals surface area contributed by atoms with Crippen LogP contribution in [0.25, 0.3) is 22.3 Å². The van der Waals surface area contributed by atoms with E-state index in [4.69, 9.17) is 12.2 Å². The Morgan fingerprint density at radius 3 is 2.75 bits per heavy atom. The van der Waals surface area contributed by atoms with Gasteiger partial charge >= 0.3 is 0 Å². The highest BCUT2D eigenvalue weighted by Gasteiger charge is 2.08. The number of H-pyrrole nitrogens is 2. The number of aryl methyl sites for hydroxylation is 1. The minimum absolute atomic E-state index is 0.460. The molecule has 0 aliphatic heterocycles. The van der Waals surface area contributed by atoms with Crippen LogP contribution in [0.3, 0.4) is 0 Å². The second-order valence-electron chi connectivity index (χ2n) is 5.56. The molecule has 0 spiro atoms. The zero-order chi connectivity index (χ0) is 16.5. The monoisotopic (exact) mass is 333 g/mol. The predicted octanol–water partition coefficient (Wildman–Crippen LogP) is 4.28. The fourth-order valence-electron chi connectivity index (χ4n) is 2.61. The van der Waals surface area contributed by atoms with E-state index in [1.54, 1.807) is 10.9 Å². The topological polar surface area (TPSA) is 61.8 Å². The summed E-state index contributed by atoms with van der Waals surface area (Å²) in [4.78, 5) is 3.24. The second kappa shape index (κ2) is 5.90. The Morgan fingerprint density at radius 2 is 1.92 bits per heavy atom. The van der Waals surface area contributed by atoms with Gasteiger partial charge in [-0.3, -0.25) is 0 Å². The van der Waals surface area contributed by atoms with Gasteiger partial charge in [-0.2, -0.15) is 14.9 Å². The van der Waals surface area contributed by atoms with E-state index in [-0.39, 0.29) is 0 Å². The van der Waals surface area contributed by atoms with Crippen LogP contribution in [0.2, 0.25) is 0 Å². The maximum absolute atomic E-state index is 5.31. The van der Waals surface area contributed by atoms with Crippen LogP contribution in [0.15, 0.2) is 59.8 Å². The maximum atomic E-state index is 5.31. The van der Waals surface area contributed by atoms with Crippen molar-refractivity contribution >= 4 is 29.3 Å². The quantitative estimate of drug-likeness (QED) is 0.434. The van der Waals surface area contributed by atoms with E-state index in [1.165, 1.54) is 5.56 Å². The van der Waals surface area contributed by atoms with Crippen molar-refractivity contribution in [2.45, 2.75) is 6.92 Å². The summed E-state index contributed by atoms with van der Waals surface area (Å²) >= 11 is 5.31. The highest BCUT2D eigenvalue weighted by Crippen LogP contribution is 2.19. The van der Waals surface area contributed by atoms with Gasteiger partial charge in [-0.1, -0.05) is 48.0 Å². The first-order valence-corrected chi connectivity index (χ1v) is 7.98. The Bertz CT molecular complexity index is 1080. The van der Waals surface area contributed by atoms with Gasteiger partial charge in [0.25, 0.3) is 0 Å². The molecule has 2 heterocycles. The van der Waals surface area contributed by atoms with Crippen LogP contribution in [-0.4, -0.2) is 26.1 Å². The molecule has 0 aliphatic rings. The van der Waals surface area contributed by atoms with Crippen LogP contribution >= 0.6 is 12.2 Å². The summed E-state index contributed by atoms with van der Waals surface area (Å²) in [5, 5.41) is 12.8. The largest absolute Gasteiger partial charge is 0.361 e. The lowest BCUT2D eigenvalue weighted by molar-refractivity contribution is 0.872. The van der Waals surface area contributed by atoms with Gasteiger partial charge < -0.3 is 4.98 Å². The van der Waals surface area contributed by atoms with E-state index < -0.39 is 0 Å². The molecule has 2 N–H and O–H groups in total. The fraction of sp³-hybridized carbons (Fsp3) is 0.0556. The van der Waals surface area contributed by atoms with Crippen molar-refractivity contribution in [2.24, 2.45) is 5.10 Å². The predicted molar refractivity (Wildman–Crippen MR) is 98.9 cm³/mol. The Hall–Kier alpha value is -2.99. The molecular formula is C18H15N5S. The molecule has 0 fully saturated rings. The van der Waals surface area contributed by atoms with Crippen LogP contribution in [0.4, 0.5) is 0 Å². The van der Waals surface area contributed by atoms with Crippen LogP contribution in [0.1, 0.15) is 11.1 Å². The van der Waals surface area contributed by atoms with Crippen LogP contribution in [0, 0.1) is 11.7 Å². The number of aromatic nitrogens is 4. The van der Waals surface area contributed by atoms with Gasteiger partial charge in [-0.15, -0.1) is 0 Å². The van der Waals surface area contributed by atoms with Crippen molar-refractivity contribution in [2.75, 3.05) is 0 Å².